The molecular weight excluding hydrogens is 859 g/mol. The molecule has 0 spiro atoms. The molecule has 4 aromatic carbocycles. The SMILES string of the molecule is CC(=O)Cc1ccc(CN)cc1.NCCC(=O)O.NCCCC(=O)O.NCCCCCC(=O)O.NCc1ccc(C(=O)O)cc1.Nc1ccc(C(=O)O)cc1.Nc1ccc(CC(=O)O)cc1. The first-order chi connectivity index (χ1) is 31.1. The fourth-order valence-corrected chi connectivity index (χ4v) is 4.27. The number of carboxylic acids is 6. The summed E-state index contributed by atoms with van der Waals surface area (Å²) in [4.78, 5) is 70.8. The number of ketones is 1. The molecule has 0 bridgehead atoms. The van der Waals surface area contributed by atoms with Gasteiger partial charge in [0.1, 0.15) is 5.78 Å². The second kappa shape index (κ2) is 40.5. The minimum Gasteiger partial charge on any atom is -0.481 e. The van der Waals surface area contributed by atoms with E-state index in [-0.39, 0.29) is 43.6 Å². The Bertz CT molecular complexity index is 1960. The third kappa shape index (κ3) is 40.8. The highest BCUT2D eigenvalue weighted by Crippen LogP contribution is 2.07. The van der Waals surface area contributed by atoms with Gasteiger partial charge in [-0.05, 0) is 110 Å². The first kappa shape index (κ1) is 63.1. The van der Waals surface area contributed by atoms with Gasteiger partial charge in [-0.3, -0.25) is 24.0 Å². The number of Topliss-reactive ketones (excluding diaryl/α,β-unsaturated/α-hetero) is 1. The van der Waals surface area contributed by atoms with Gasteiger partial charge in [0, 0.05) is 50.3 Å². The summed E-state index contributed by atoms with van der Waals surface area (Å²) in [6.45, 7) is 3.96. The number of unbranched alkanes of at least 4 members (excludes halogenated alkanes) is 2. The molecule has 0 unspecified atom stereocenters. The Labute approximate surface area is 384 Å². The molecule has 4 rings (SSSR count). The van der Waals surface area contributed by atoms with Crippen LogP contribution >= 0.6 is 0 Å². The average Bonchev–Trinajstić information content (AvgIpc) is 3.26. The Morgan fingerprint density at radius 1 is 0.379 bits per heavy atom. The summed E-state index contributed by atoms with van der Waals surface area (Å²) in [6.07, 6.45) is 4.32. The average molecular weight is 926 g/mol. The predicted molar refractivity (Wildman–Crippen MR) is 252 cm³/mol. The number of rotatable bonds is 18. The number of carbonyl (C=O) groups excluding carboxylic acids is 1. The van der Waals surface area contributed by atoms with E-state index in [1.807, 2.05) is 24.3 Å². The van der Waals surface area contributed by atoms with Gasteiger partial charge >= 0.3 is 35.8 Å². The van der Waals surface area contributed by atoms with Gasteiger partial charge in [0.05, 0.1) is 24.0 Å². The summed E-state index contributed by atoms with van der Waals surface area (Å²) in [7, 11) is 0. The number of carbonyl (C=O) groups is 7. The van der Waals surface area contributed by atoms with Crippen LogP contribution in [-0.4, -0.2) is 91.9 Å². The molecular formula is C46H67N7O13. The van der Waals surface area contributed by atoms with E-state index in [4.69, 9.17) is 70.8 Å². The summed E-state index contributed by atoms with van der Waals surface area (Å²) in [6, 6.07) is 27.2. The minimum atomic E-state index is -0.931. The van der Waals surface area contributed by atoms with Crippen molar-refractivity contribution in [3.8, 4) is 0 Å². The van der Waals surface area contributed by atoms with Crippen molar-refractivity contribution in [2.45, 2.75) is 77.8 Å². The predicted octanol–water partition coefficient (Wildman–Crippen LogP) is 3.80. The maximum atomic E-state index is 10.7. The normalized spacial score (nSPS) is 9.30. The third-order valence-corrected chi connectivity index (χ3v) is 7.69. The topological polar surface area (TPSA) is 423 Å². The van der Waals surface area contributed by atoms with Crippen LogP contribution in [0.4, 0.5) is 11.4 Å². The molecule has 20 heteroatoms. The standard InChI is InChI=1S/C10H13NO.2C8H9NO2.C7H7NO2.C6H13NO2.C4H9NO2.C3H7NO2/c1-8(12)6-9-2-4-10(7-11)5-3-9;9-5-6-1-3-7(4-2-6)8(10)11;9-7-3-1-6(2-4-7)5-8(10)11;8-6-3-1-5(2-4-6)7(9)10;7-5-3-1-2-4-6(8)9;5-3-1-2-4(6)7;4-2-1-3(5)6/h2-5H,6-7,11H2,1H3;2*1-4H,5,9H2,(H,10,11);1-4H,8H2,(H,9,10);1-5,7H2,(H,8,9);1-3,5H2,(H,6,7);1-2,4H2,(H,5,6). The number of aliphatic carboxylic acids is 4. The number of benzene rings is 4. The molecule has 0 aromatic heterocycles. The van der Waals surface area contributed by atoms with Gasteiger partial charge in [0.15, 0.2) is 0 Å². The number of nitrogen functional groups attached to an aromatic ring is 2. The summed E-state index contributed by atoms with van der Waals surface area (Å²) >= 11 is 0. The first-order valence-corrected chi connectivity index (χ1v) is 20.4. The van der Waals surface area contributed by atoms with Crippen LogP contribution in [0, 0.1) is 0 Å². The van der Waals surface area contributed by atoms with Crippen LogP contribution in [-0.2, 0) is 49.9 Å². The molecule has 0 saturated heterocycles. The monoisotopic (exact) mass is 925 g/mol. The molecule has 0 fully saturated rings. The molecule has 364 valence electrons. The lowest BCUT2D eigenvalue weighted by molar-refractivity contribution is -0.138. The van der Waals surface area contributed by atoms with Gasteiger partial charge in [0.2, 0.25) is 0 Å². The zero-order chi connectivity index (χ0) is 50.9. The van der Waals surface area contributed by atoms with Crippen LogP contribution in [0.25, 0.3) is 0 Å². The van der Waals surface area contributed by atoms with E-state index in [1.165, 1.54) is 12.1 Å². The van der Waals surface area contributed by atoms with Crippen molar-refractivity contribution in [1.29, 1.82) is 0 Å². The molecule has 0 aliphatic carbocycles. The van der Waals surface area contributed by atoms with Crippen molar-refractivity contribution in [3.63, 3.8) is 0 Å². The Morgan fingerprint density at radius 3 is 1.02 bits per heavy atom. The highest BCUT2D eigenvalue weighted by molar-refractivity contribution is 5.88. The van der Waals surface area contributed by atoms with Crippen LogP contribution in [0.5, 0.6) is 0 Å². The molecule has 4 aromatic rings. The molecule has 20 N–H and O–H groups in total. The van der Waals surface area contributed by atoms with Gasteiger partial charge in [-0.2, -0.15) is 0 Å². The maximum Gasteiger partial charge on any atom is 0.335 e. The van der Waals surface area contributed by atoms with Gasteiger partial charge in [-0.15, -0.1) is 0 Å². The zero-order valence-electron chi connectivity index (χ0n) is 37.2. The molecule has 0 heterocycles. The fourth-order valence-electron chi connectivity index (χ4n) is 4.27. The van der Waals surface area contributed by atoms with Crippen LogP contribution in [0.3, 0.4) is 0 Å². The van der Waals surface area contributed by atoms with E-state index >= 15 is 0 Å². The summed E-state index contributed by atoms with van der Waals surface area (Å²) in [5.74, 6) is -4.80. The number of nitrogens with two attached hydrogens (primary N) is 7. The Hall–Kier alpha value is -7.23. The largest absolute Gasteiger partial charge is 0.481 e. The Kier molecular flexibility index (Phi) is 38.7. The molecule has 66 heavy (non-hydrogen) atoms. The number of hydrogen-bond donors (Lipinski definition) is 13. The number of carboxylic acid groups (broad SMARTS) is 6. The molecule has 0 aliphatic rings. The van der Waals surface area contributed by atoms with Crippen molar-refractivity contribution >= 4 is 53.0 Å². The van der Waals surface area contributed by atoms with Crippen molar-refractivity contribution < 1.29 is 64.2 Å². The van der Waals surface area contributed by atoms with E-state index in [1.54, 1.807) is 67.6 Å². The van der Waals surface area contributed by atoms with Crippen LogP contribution in [0.1, 0.15) is 94.8 Å². The van der Waals surface area contributed by atoms with Crippen LogP contribution in [0.15, 0.2) is 97.1 Å². The third-order valence-electron chi connectivity index (χ3n) is 7.69. The Balaban J connectivity index is -0.000000709. The minimum absolute atomic E-state index is 0.0558. The lowest BCUT2D eigenvalue weighted by Gasteiger charge is -1.99. The van der Waals surface area contributed by atoms with Crippen molar-refractivity contribution in [1.82, 2.24) is 0 Å². The zero-order valence-corrected chi connectivity index (χ0v) is 37.2. The smallest absolute Gasteiger partial charge is 0.335 e. The van der Waals surface area contributed by atoms with Gasteiger partial charge in [0.25, 0.3) is 0 Å². The van der Waals surface area contributed by atoms with Gasteiger partial charge in [-0.25, -0.2) is 9.59 Å². The van der Waals surface area contributed by atoms with E-state index in [0.29, 0.717) is 56.0 Å². The second-order valence-corrected chi connectivity index (χ2v) is 13.6. The lowest BCUT2D eigenvalue weighted by atomic mass is 10.1. The quantitative estimate of drug-likeness (QED) is 0.0498. The first-order valence-electron chi connectivity index (χ1n) is 20.4. The maximum absolute atomic E-state index is 10.7. The molecule has 0 aliphatic heterocycles. The fraction of sp³-hybridized carbons (Fsp3) is 0.326. The number of hydrogen-bond acceptors (Lipinski definition) is 14. The highest BCUT2D eigenvalue weighted by Gasteiger charge is 2.01. The summed E-state index contributed by atoms with van der Waals surface area (Å²) < 4.78 is 0. The Morgan fingerprint density at radius 2 is 0.712 bits per heavy atom. The summed E-state index contributed by atoms with van der Waals surface area (Å²) in [5, 5.41) is 49.4. The number of aromatic carboxylic acids is 2. The van der Waals surface area contributed by atoms with Crippen LogP contribution < -0.4 is 40.1 Å². The highest BCUT2D eigenvalue weighted by atomic mass is 16.4. The van der Waals surface area contributed by atoms with Crippen LogP contribution in [0.2, 0.25) is 0 Å². The second-order valence-electron chi connectivity index (χ2n) is 13.6. The molecule has 20 nitrogen and oxygen atoms in total. The van der Waals surface area contributed by atoms with Gasteiger partial charge in [-0.1, -0.05) is 55.0 Å². The summed E-state index contributed by atoms with van der Waals surface area (Å²) in [5.41, 5.74) is 42.2. The molecule has 0 atom stereocenters. The number of anilines is 2. The van der Waals surface area contributed by atoms with E-state index in [0.717, 1.165) is 41.5 Å². The molecule has 0 amide bonds. The van der Waals surface area contributed by atoms with Crippen molar-refractivity contribution in [3.05, 3.63) is 130 Å². The molecule has 0 saturated carbocycles. The van der Waals surface area contributed by atoms with Gasteiger partial charge < -0.3 is 70.8 Å². The van der Waals surface area contributed by atoms with Crippen molar-refractivity contribution in [2.24, 2.45) is 28.7 Å². The van der Waals surface area contributed by atoms with E-state index in [9.17, 15) is 33.6 Å². The lowest BCUT2D eigenvalue weighted by Crippen LogP contribution is -2.05. The van der Waals surface area contributed by atoms with E-state index < -0.39 is 35.8 Å². The van der Waals surface area contributed by atoms with Crippen molar-refractivity contribution in [2.75, 3.05) is 31.1 Å². The molecule has 0 radical (unpaired) electrons. The van der Waals surface area contributed by atoms with E-state index in [2.05, 4.69) is 0 Å².